The first-order valence-electron chi connectivity index (χ1n) is 9.99. The zero-order chi connectivity index (χ0) is 23.6. The smallest absolute Gasteiger partial charge is 0.397 e. The molecule has 4 aromatic rings. The molecule has 0 aliphatic carbocycles. The average molecular weight is 448 g/mol. The van der Waals surface area contributed by atoms with Crippen molar-refractivity contribution in [1.29, 1.82) is 0 Å². The zero-order valence-corrected chi connectivity index (χ0v) is 17.5. The quantitative estimate of drug-likeness (QED) is 0.353. The van der Waals surface area contributed by atoms with E-state index < -0.39 is 11.7 Å². The van der Waals surface area contributed by atoms with Gasteiger partial charge in [0.2, 0.25) is 0 Å². The lowest BCUT2D eigenvalue weighted by molar-refractivity contribution is -0.137. The molecule has 166 valence electrons. The van der Waals surface area contributed by atoms with Crippen molar-refractivity contribution in [2.45, 2.75) is 13.1 Å². The number of fused-ring (bicyclic) bond motifs is 1. The maximum atomic E-state index is 13.2. The summed E-state index contributed by atoms with van der Waals surface area (Å²) < 4.78 is 39.7. The van der Waals surface area contributed by atoms with E-state index in [9.17, 15) is 18.0 Å². The van der Waals surface area contributed by atoms with Crippen molar-refractivity contribution in [2.75, 3.05) is 11.1 Å². The van der Waals surface area contributed by atoms with E-state index in [1.165, 1.54) is 19.1 Å². The Balaban J connectivity index is 1.90. The number of benzene rings is 2. The number of rotatable bonds is 5. The van der Waals surface area contributed by atoms with E-state index in [1.807, 2.05) is 12.1 Å². The highest BCUT2D eigenvalue weighted by Crippen LogP contribution is 2.36. The third-order valence-electron chi connectivity index (χ3n) is 4.97. The third-order valence-corrected chi connectivity index (χ3v) is 4.97. The van der Waals surface area contributed by atoms with Crippen molar-refractivity contribution in [3.63, 3.8) is 0 Å². The first kappa shape index (κ1) is 22.0. The van der Waals surface area contributed by atoms with Crippen LogP contribution in [0.1, 0.15) is 18.1 Å². The fourth-order valence-corrected chi connectivity index (χ4v) is 3.40. The number of halogens is 3. The van der Waals surface area contributed by atoms with Gasteiger partial charge in [-0.1, -0.05) is 12.1 Å². The Bertz CT molecular complexity index is 1380. The molecule has 2 aromatic carbocycles. The molecular formula is C25H19F3N4O. The van der Waals surface area contributed by atoms with Gasteiger partial charge in [-0.3, -0.25) is 14.8 Å². The number of allylic oxidation sites excluding steroid dienone is 1. The molecule has 5 nitrogen and oxygen atoms in total. The van der Waals surface area contributed by atoms with Gasteiger partial charge in [0.25, 0.3) is 0 Å². The van der Waals surface area contributed by atoms with Gasteiger partial charge in [0.05, 0.1) is 28.1 Å². The lowest BCUT2D eigenvalue weighted by Gasteiger charge is -2.15. The van der Waals surface area contributed by atoms with Crippen molar-refractivity contribution >= 4 is 39.8 Å². The molecule has 0 fully saturated rings. The highest BCUT2D eigenvalue weighted by atomic mass is 19.4. The second-order valence-electron chi connectivity index (χ2n) is 7.41. The molecule has 0 saturated carbocycles. The predicted octanol–water partition coefficient (Wildman–Crippen LogP) is 6.24. The van der Waals surface area contributed by atoms with E-state index >= 15 is 0 Å². The number of nitrogens with one attached hydrogen (secondary N) is 1. The Morgan fingerprint density at radius 1 is 1.06 bits per heavy atom. The maximum Gasteiger partial charge on any atom is 0.416 e. The van der Waals surface area contributed by atoms with Crippen molar-refractivity contribution in [3.05, 3.63) is 84.2 Å². The molecule has 0 aliphatic heterocycles. The number of carbonyl (C=O) groups excluding carboxylic acids is 1. The number of nitrogens with two attached hydrogens (primary N) is 1. The minimum Gasteiger partial charge on any atom is -0.397 e. The minimum absolute atomic E-state index is 0.171. The van der Waals surface area contributed by atoms with Gasteiger partial charge in [0, 0.05) is 34.6 Å². The summed E-state index contributed by atoms with van der Waals surface area (Å²) in [6.07, 6.45) is 1.67. The monoisotopic (exact) mass is 448 g/mol. The van der Waals surface area contributed by atoms with E-state index in [2.05, 4.69) is 15.3 Å². The van der Waals surface area contributed by atoms with E-state index in [4.69, 9.17) is 5.73 Å². The summed E-state index contributed by atoms with van der Waals surface area (Å²) in [7, 11) is 0. The molecule has 0 amide bonds. The van der Waals surface area contributed by atoms with Crippen LogP contribution in [-0.4, -0.2) is 15.8 Å². The number of nitrogens with zero attached hydrogens (tertiary/aromatic N) is 2. The number of hydrogen-bond donors (Lipinski definition) is 2. The molecule has 33 heavy (non-hydrogen) atoms. The molecule has 2 heterocycles. The number of alkyl halides is 3. The van der Waals surface area contributed by atoms with Crippen LogP contribution >= 0.6 is 0 Å². The summed E-state index contributed by atoms with van der Waals surface area (Å²) in [6, 6.07) is 13.8. The van der Waals surface area contributed by atoms with Crippen molar-refractivity contribution in [2.24, 2.45) is 0 Å². The van der Waals surface area contributed by atoms with Crippen LogP contribution in [0, 0.1) is 0 Å². The van der Waals surface area contributed by atoms with Gasteiger partial charge in [-0.05, 0) is 61.5 Å². The number of anilines is 3. The Hall–Kier alpha value is -4.20. The lowest BCUT2D eigenvalue weighted by atomic mass is 10.0. The van der Waals surface area contributed by atoms with Gasteiger partial charge < -0.3 is 11.1 Å². The Kier molecular flexibility index (Phi) is 5.83. The topological polar surface area (TPSA) is 80.9 Å². The number of pyridine rings is 2. The van der Waals surface area contributed by atoms with Crippen LogP contribution in [0.2, 0.25) is 0 Å². The molecule has 3 N–H and O–H groups in total. The van der Waals surface area contributed by atoms with Gasteiger partial charge in [-0.2, -0.15) is 13.2 Å². The third kappa shape index (κ3) is 4.85. The number of hydrogen-bond acceptors (Lipinski definition) is 5. The zero-order valence-electron chi connectivity index (χ0n) is 17.5. The van der Waals surface area contributed by atoms with Gasteiger partial charge in [-0.25, -0.2) is 0 Å². The highest BCUT2D eigenvalue weighted by Gasteiger charge is 2.30. The van der Waals surface area contributed by atoms with E-state index in [0.717, 1.165) is 17.7 Å². The second kappa shape index (κ2) is 8.74. The number of carbonyl (C=O) groups is 1. The summed E-state index contributed by atoms with van der Waals surface area (Å²) in [5, 5.41) is 3.73. The lowest BCUT2D eigenvalue weighted by Crippen LogP contribution is -2.05. The standard InChI is InChI=1S/C25H19F3N4O/c1-15(33)7-8-17-14-31-22-10-9-16(24-21(29)6-3-11-30-24)12-20(22)23(17)32-19-5-2-4-18(13-19)25(26,27)28/h2-14H,29H2,1H3,(H,31,32)/b8-7+. The van der Waals surface area contributed by atoms with Gasteiger partial charge >= 0.3 is 6.18 Å². The molecule has 8 heteroatoms. The second-order valence-corrected chi connectivity index (χ2v) is 7.41. The van der Waals surface area contributed by atoms with Crippen LogP contribution in [0.25, 0.3) is 28.2 Å². The summed E-state index contributed by atoms with van der Waals surface area (Å²) >= 11 is 0. The maximum absolute atomic E-state index is 13.2. The molecule has 0 spiro atoms. The molecule has 0 bridgehead atoms. The van der Waals surface area contributed by atoms with Crippen LogP contribution in [0.5, 0.6) is 0 Å². The van der Waals surface area contributed by atoms with Gasteiger partial charge in [-0.15, -0.1) is 0 Å². The molecule has 0 radical (unpaired) electrons. The van der Waals surface area contributed by atoms with Gasteiger partial charge in [0.15, 0.2) is 5.78 Å². The Morgan fingerprint density at radius 3 is 2.61 bits per heavy atom. The SMILES string of the molecule is CC(=O)/C=C/c1cnc2ccc(-c3ncccc3N)cc2c1Nc1cccc(C(F)(F)F)c1. The number of nitrogen functional groups attached to an aromatic ring is 1. The fourth-order valence-electron chi connectivity index (χ4n) is 3.40. The Labute approximate surface area is 187 Å². The largest absolute Gasteiger partial charge is 0.416 e. The predicted molar refractivity (Wildman–Crippen MR) is 124 cm³/mol. The summed E-state index contributed by atoms with van der Waals surface area (Å²) in [6.45, 7) is 1.41. The molecule has 2 aromatic heterocycles. The van der Waals surface area contributed by atoms with Crippen LogP contribution in [0.15, 0.2) is 73.1 Å². The first-order chi connectivity index (χ1) is 15.7. The summed E-state index contributed by atoms with van der Waals surface area (Å²) in [5.41, 5.74) is 9.01. The van der Waals surface area contributed by atoms with E-state index in [1.54, 1.807) is 42.7 Å². The minimum atomic E-state index is -4.47. The summed E-state index contributed by atoms with van der Waals surface area (Å²) in [5.74, 6) is -0.171. The first-order valence-corrected chi connectivity index (χ1v) is 9.99. The normalized spacial score (nSPS) is 11.8. The van der Waals surface area contributed by atoms with Crippen LogP contribution in [0.3, 0.4) is 0 Å². The van der Waals surface area contributed by atoms with Crippen molar-refractivity contribution in [3.8, 4) is 11.3 Å². The van der Waals surface area contributed by atoms with Crippen LogP contribution in [-0.2, 0) is 11.0 Å². The highest BCUT2D eigenvalue weighted by molar-refractivity contribution is 6.01. The molecule has 0 unspecified atom stereocenters. The van der Waals surface area contributed by atoms with Crippen molar-refractivity contribution in [1.82, 2.24) is 9.97 Å². The number of ketones is 1. The molecule has 0 atom stereocenters. The van der Waals surface area contributed by atoms with Gasteiger partial charge in [0.1, 0.15) is 0 Å². The molecule has 0 saturated heterocycles. The molecular weight excluding hydrogens is 429 g/mol. The van der Waals surface area contributed by atoms with Crippen molar-refractivity contribution < 1.29 is 18.0 Å². The summed E-state index contributed by atoms with van der Waals surface area (Å²) in [4.78, 5) is 20.3. The Morgan fingerprint density at radius 2 is 1.88 bits per heavy atom. The number of aromatic nitrogens is 2. The molecule has 4 rings (SSSR count). The van der Waals surface area contributed by atoms with Crippen LogP contribution in [0.4, 0.5) is 30.2 Å². The molecule has 0 aliphatic rings. The fraction of sp³-hybridized carbons (Fsp3) is 0.0800. The van der Waals surface area contributed by atoms with Crippen LogP contribution < -0.4 is 11.1 Å². The van der Waals surface area contributed by atoms with E-state index in [-0.39, 0.29) is 11.5 Å². The van der Waals surface area contributed by atoms with E-state index in [0.29, 0.717) is 33.5 Å². The average Bonchev–Trinajstić information content (AvgIpc) is 2.78.